The minimum absolute atomic E-state index is 0.121. The number of halogens is 5. The van der Waals surface area contributed by atoms with E-state index < -0.39 is 39.8 Å². The molecule has 0 saturated carbocycles. The maximum atomic E-state index is 13.6. The van der Waals surface area contributed by atoms with Crippen LogP contribution in [0.5, 0.6) is 0 Å². The van der Waals surface area contributed by atoms with E-state index in [9.17, 15) is 22.1 Å². The lowest BCUT2D eigenvalue weighted by Gasteiger charge is -2.28. The van der Waals surface area contributed by atoms with Gasteiger partial charge in [0.1, 0.15) is 16.3 Å². The van der Waals surface area contributed by atoms with Crippen LogP contribution in [0, 0.1) is 5.82 Å². The van der Waals surface area contributed by atoms with E-state index in [1.165, 1.54) is 20.8 Å². The van der Waals surface area contributed by atoms with Crippen LogP contribution in [0.2, 0.25) is 5.02 Å². The summed E-state index contributed by atoms with van der Waals surface area (Å²) < 4.78 is 65.3. The highest BCUT2D eigenvalue weighted by Crippen LogP contribution is 2.35. The molecule has 0 aliphatic heterocycles. The van der Waals surface area contributed by atoms with Gasteiger partial charge in [0.15, 0.2) is 6.04 Å². The molecule has 0 bridgehead atoms. The van der Waals surface area contributed by atoms with E-state index in [2.05, 4.69) is 4.98 Å². The van der Waals surface area contributed by atoms with Crippen molar-refractivity contribution in [1.29, 1.82) is 0 Å². The highest BCUT2D eigenvalue weighted by atomic mass is 35.5. The van der Waals surface area contributed by atoms with E-state index >= 15 is 0 Å². The molecule has 3 nitrogen and oxygen atoms in total. The van der Waals surface area contributed by atoms with Crippen LogP contribution in [0.3, 0.4) is 0 Å². The zero-order chi connectivity index (χ0) is 15.7. The van der Waals surface area contributed by atoms with Crippen molar-refractivity contribution >= 4 is 23.0 Å². The molecular formula is C11H13ClF4N2OS. The standard InChI is InChI=1S/C11H13ClF4N2OS/c1-10(2,3)20(19)18-9(11(14,15)16)8-7(13)4-6(12)5-17-8/h4-5,9,18H,1-3H3. The summed E-state index contributed by atoms with van der Waals surface area (Å²) in [5.41, 5.74) is -0.889. The summed E-state index contributed by atoms with van der Waals surface area (Å²) in [7, 11) is 0. The Morgan fingerprint density at radius 2 is 1.90 bits per heavy atom. The van der Waals surface area contributed by atoms with Crippen LogP contribution in [0.25, 0.3) is 0 Å². The number of hydrogen-bond acceptors (Lipinski definition) is 3. The lowest BCUT2D eigenvalue weighted by Crippen LogP contribution is -2.46. The summed E-state index contributed by atoms with van der Waals surface area (Å²) in [4.78, 5) is 3.36. The number of rotatable bonds is 3. The normalized spacial score (nSPS) is 16.1. The fourth-order valence-corrected chi connectivity index (χ4v) is 2.16. The summed E-state index contributed by atoms with van der Waals surface area (Å²) in [6, 6.07) is -1.75. The van der Waals surface area contributed by atoms with Crippen LogP contribution in [0.15, 0.2) is 12.3 Å². The van der Waals surface area contributed by atoms with Crippen molar-refractivity contribution < 1.29 is 22.1 Å². The van der Waals surface area contributed by atoms with Crippen molar-refractivity contribution in [2.24, 2.45) is 0 Å². The maximum Gasteiger partial charge on any atom is 0.413 e. The molecule has 0 saturated heterocycles. The van der Waals surface area contributed by atoms with Crippen LogP contribution in [-0.2, 0) is 11.4 Å². The first kappa shape index (κ1) is 17.5. The SMILES string of the molecule is CC(C)(C)[S+]([O-])NC(c1ncc(Cl)cc1F)C(F)(F)F. The van der Waals surface area contributed by atoms with Gasteiger partial charge in [-0.25, -0.2) is 4.39 Å². The number of hydrogen-bond donors (Lipinski definition) is 1. The second-order valence-electron chi connectivity index (χ2n) is 4.99. The van der Waals surface area contributed by atoms with Crippen molar-refractivity contribution in [1.82, 2.24) is 9.71 Å². The molecule has 0 spiro atoms. The summed E-state index contributed by atoms with van der Waals surface area (Å²) >= 11 is 3.41. The highest BCUT2D eigenvalue weighted by Gasteiger charge is 2.47. The molecule has 1 heterocycles. The van der Waals surface area contributed by atoms with Crippen molar-refractivity contribution in [3.63, 3.8) is 0 Å². The van der Waals surface area contributed by atoms with E-state index in [1.54, 1.807) is 0 Å². The molecule has 0 aliphatic rings. The van der Waals surface area contributed by atoms with Crippen LogP contribution in [0.1, 0.15) is 32.5 Å². The van der Waals surface area contributed by atoms with Gasteiger partial charge in [-0.15, -0.1) is 4.72 Å². The topological polar surface area (TPSA) is 48.0 Å². The Morgan fingerprint density at radius 1 is 1.35 bits per heavy atom. The van der Waals surface area contributed by atoms with Gasteiger partial charge in [-0.1, -0.05) is 11.6 Å². The molecule has 0 aromatic carbocycles. The molecule has 1 aromatic rings. The number of alkyl halides is 3. The third kappa shape index (κ3) is 4.47. The monoisotopic (exact) mass is 332 g/mol. The van der Waals surface area contributed by atoms with Crippen molar-refractivity contribution in [2.45, 2.75) is 37.7 Å². The highest BCUT2D eigenvalue weighted by molar-refractivity contribution is 7.90. The molecule has 114 valence electrons. The van der Waals surface area contributed by atoms with Gasteiger partial charge in [0.2, 0.25) is 0 Å². The summed E-state index contributed by atoms with van der Waals surface area (Å²) in [5.74, 6) is -1.21. The van der Waals surface area contributed by atoms with Crippen molar-refractivity contribution in [2.75, 3.05) is 0 Å². The Bertz CT molecular complexity index is 478. The minimum Gasteiger partial charge on any atom is -0.598 e. The van der Waals surface area contributed by atoms with Crippen LogP contribution >= 0.6 is 11.6 Å². The average molecular weight is 333 g/mol. The molecular weight excluding hydrogens is 320 g/mol. The molecule has 20 heavy (non-hydrogen) atoms. The smallest absolute Gasteiger partial charge is 0.413 e. The van der Waals surface area contributed by atoms with Gasteiger partial charge in [-0.05, 0) is 26.8 Å². The largest absolute Gasteiger partial charge is 0.598 e. The predicted octanol–water partition coefficient (Wildman–Crippen LogP) is 3.53. The lowest BCUT2D eigenvalue weighted by molar-refractivity contribution is -0.154. The van der Waals surface area contributed by atoms with Gasteiger partial charge in [-0.2, -0.15) is 13.2 Å². The predicted molar refractivity (Wildman–Crippen MR) is 69.0 cm³/mol. The number of aromatic nitrogens is 1. The fourth-order valence-electron chi connectivity index (χ4n) is 1.20. The molecule has 1 aromatic heterocycles. The summed E-state index contributed by atoms with van der Waals surface area (Å²) in [6.45, 7) is 4.49. The Morgan fingerprint density at radius 3 is 2.30 bits per heavy atom. The summed E-state index contributed by atoms with van der Waals surface area (Å²) in [5, 5.41) is -0.121. The van der Waals surface area contributed by atoms with Crippen LogP contribution in [-0.4, -0.2) is 20.5 Å². The van der Waals surface area contributed by atoms with Gasteiger partial charge in [0, 0.05) is 17.6 Å². The van der Waals surface area contributed by atoms with Gasteiger partial charge in [0.05, 0.1) is 5.02 Å². The quantitative estimate of drug-likeness (QED) is 0.680. The van der Waals surface area contributed by atoms with Crippen LogP contribution < -0.4 is 4.72 Å². The summed E-state index contributed by atoms with van der Waals surface area (Å²) in [6.07, 6.45) is -3.94. The Hall–Kier alpha value is -0.570. The molecule has 0 fully saturated rings. The third-order valence-corrected chi connectivity index (χ3v) is 3.99. The second-order valence-corrected chi connectivity index (χ2v) is 7.43. The van der Waals surface area contributed by atoms with E-state index in [4.69, 9.17) is 11.6 Å². The zero-order valence-corrected chi connectivity index (χ0v) is 12.5. The van der Waals surface area contributed by atoms with Gasteiger partial charge >= 0.3 is 6.18 Å². The molecule has 2 unspecified atom stereocenters. The molecule has 1 N–H and O–H groups in total. The van der Waals surface area contributed by atoms with E-state index in [0.29, 0.717) is 0 Å². The van der Waals surface area contributed by atoms with Gasteiger partial charge in [0.25, 0.3) is 0 Å². The second kappa shape index (κ2) is 6.05. The minimum atomic E-state index is -4.84. The third-order valence-electron chi connectivity index (χ3n) is 2.22. The van der Waals surface area contributed by atoms with E-state index in [0.717, 1.165) is 12.3 Å². The first-order valence-corrected chi connectivity index (χ1v) is 7.01. The average Bonchev–Trinajstić information content (AvgIpc) is 2.23. The van der Waals surface area contributed by atoms with Gasteiger partial charge < -0.3 is 4.55 Å². The Labute approximate surface area is 122 Å². The van der Waals surface area contributed by atoms with E-state index in [-0.39, 0.29) is 5.02 Å². The number of nitrogens with one attached hydrogen (secondary N) is 1. The molecule has 0 amide bonds. The molecule has 2 atom stereocenters. The van der Waals surface area contributed by atoms with E-state index in [1.807, 2.05) is 4.72 Å². The van der Waals surface area contributed by atoms with Gasteiger partial charge in [-0.3, -0.25) is 4.98 Å². The molecule has 9 heteroatoms. The maximum absolute atomic E-state index is 13.6. The molecule has 1 rings (SSSR count). The van der Waals surface area contributed by atoms with Crippen LogP contribution in [0.4, 0.5) is 17.6 Å². The first-order chi connectivity index (χ1) is 8.93. The van der Waals surface area contributed by atoms with Crippen molar-refractivity contribution in [3.05, 3.63) is 28.8 Å². The molecule has 0 radical (unpaired) electrons. The number of nitrogens with zero attached hydrogens (tertiary/aromatic N) is 1. The first-order valence-electron chi connectivity index (χ1n) is 5.48. The Balaban J connectivity index is 3.14. The van der Waals surface area contributed by atoms with Crippen molar-refractivity contribution in [3.8, 4) is 0 Å². The fraction of sp³-hybridized carbons (Fsp3) is 0.545. The lowest BCUT2D eigenvalue weighted by atomic mass is 10.2. The number of pyridine rings is 1. The zero-order valence-electron chi connectivity index (χ0n) is 10.9. The molecule has 0 aliphatic carbocycles. The Kier molecular flexibility index (Phi) is 5.29.